The number of hydrogen-bond donors (Lipinski definition) is 3. The Hall–Kier alpha value is -2.55. The van der Waals surface area contributed by atoms with Gasteiger partial charge in [-0.25, -0.2) is 9.97 Å². The minimum atomic E-state index is -0.988. The molecule has 0 spiro atoms. The molecule has 2 unspecified atom stereocenters. The first-order valence-corrected chi connectivity index (χ1v) is 9.61. The second-order valence-corrected chi connectivity index (χ2v) is 7.56. The van der Waals surface area contributed by atoms with Crippen molar-refractivity contribution < 1.29 is 14.9 Å². The summed E-state index contributed by atoms with van der Waals surface area (Å²) in [6.07, 6.45) is 5.92. The standard InChI is InChI=1S/C20H23N5O3/c1-11-13-3-5-25(20(13)24-10-23-11)15-6-16(19(27)18(15)26)28-17-9-22-7-12-2-4-21-8-14(12)17/h3,5,7,9-10,15-16,18-19,21,26-27H,2,4,6,8H2,1H3/t15?,16?,18-,19+/m0/s1. The van der Waals surface area contributed by atoms with Gasteiger partial charge in [0.1, 0.15) is 36.0 Å². The van der Waals surface area contributed by atoms with Gasteiger partial charge >= 0.3 is 0 Å². The summed E-state index contributed by atoms with van der Waals surface area (Å²) < 4.78 is 8.08. The van der Waals surface area contributed by atoms with E-state index in [0.29, 0.717) is 12.2 Å². The van der Waals surface area contributed by atoms with Crippen molar-refractivity contribution in [2.75, 3.05) is 6.54 Å². The molecule has 0 amide bonds. The molecule has 1 aliphatic carbocycles. The molecule has 4 atom stereocenters. The molecule has 146 valence electrons. The summed E-state index contributed by atoms with van der Waals surface area (Å²) in [7, 11) is 0. The molecule has 1 aliphatic heterocycles. The molecule has 1 fully saturated rings. The third kappa shape index (κ3) is 2.76. The number of hydrogen-bond acceptors (Lipinski definition) is 7. The Bertz CT molecular complexity index is 1020. The van der Waals surface area contributed by atoms with E-state index in [9.17, 15) is 10.2 Å². The van der Waals surface area contributed by atoms with Crippen LogP contribution in [0.25, 0.3) is 11.0 Å². The van der Waals surface area contributed by atoms with Crippen molar-refractivity contribution >= 4 is 11.0 Å². The highest BCUT2D eigenvalue weighted by Gasteiger charge is 2.44. The zero-order chi connectivity index (χ0) is 19.3. The van der Waals surface area contributed by atoms with Crippen molar-refractivity contribution in [3.8, 4) is 5.75 Å². The van der Waals surface area contributed by atoms with E-state index in [1.807, 2.05) is 30.0 Å². The second-order valence-electron chi connectivity index (χ2n) is 7.56. The number of aryl methyl sites for hydroxylation is 1. The molecule has 1 saturated carbocycles. The molecule has 5 rings (SSSR count). The summed E-state index contributed by atoms with van der Waals surface area (Å²) in [4.78, 5) is 12.9. The minimum absolute atomic E-state index is 0.322. The van der Waals surface area contributed by atoms with Gasteiger partial charge in [0.05, 0.1) is 17.9 Å². The van der Waals surface area contributed by atoms with Crippen LogP contribution in [0.15, 0.2) is 31.0 Å². The van der Waals surface area contributed by atoms with E-state index in [1.165, 1.54) is 11.9 Å². The lowest BCUT2D eigenvalue weighted by Gasteiger charge is -2.23. The second kappa shape index (κ2) is 6.80. The Labute approximate surface area is 162 Å². The Morgan fingerprint density at radius 2 is 2.11 bits per heavy atom. The minimum Gasteiger partial charge on any atom is -0.486 e. The van der Waals surface area contributed by atoms with Crippen LogP contribution in [0.2, 0.25) is 0 Å². The quantitative estimate of drug-likeness (QED) is 0.619. The molecule has 0 bridgehead atoms. The van der Waals surface area contributed by atoms with Gasteiger partial charge in [-0.2, -0.15) is 0 Å². The maximum absolute atomic E-state index is 10.7. The molecular formula is C20H23N5O3. The number of rotatable bonds is 3. The summed E-state index contributed by atoms with van der Waals surface area (Å²) in [6.45, 7) is 3.58. The van der Waals surface area contributed by atoms with Gasteiger partial charge in [-0.05, 0) is 31.5 Å². The first kappa shape index (κ1) is 17.5. The highest BCUT2D eigenvalue weighted by atomic mass is 16.5. The third-order valence-corrected chi connectivity index (χ3v) is 5.92. The Morgan fingerprint density at radius 1 is 1.21 bits per heavy atom. The SMILES string of the molecule is Cc1ncnc2c1ccn2C1CC(Oc2cncc3c2CNCC3)[C@@H](O)[C@H]1O. The van der Waals surface area contributed by atoms with E-state index >= 15 is 0 Å². The van der Waals surface area contributed by atoms with Gasteiger partial charge in [-0.1, -0.05) is 0 Å². The highest BCUT2D eigenvalue weighted by Crippen LogP contribution is 2.37. The fraction of sp³-hybridized carbons (Fsp3) is 0.450. The molecule has 28 heavy (non-hydrogen) atoms. The van der Waals surface area contributed by atoms with Gasteiger partial charge in [0, 0.05) is 36.3 Å². The summed E-state index contributed by atoms with van der Waals surface area (Å²) in [5.74, 6) is 0.678. The molecule has 3 aromatic rings. The van der Waals surface area contributed by atoms with E-state index in [0.717, 1.165) is 41.8 Å². The number of aromatic nitrogens is 4. The van der Waals surface area contributed by atoms with Crippen molar-refractivity contribution in [3.63, 3.8) is 0 Å². The van der Waals surface area contributed by atoms with Crippen molar-refractivity contribution in [2.24, 2.45) is 0 Å². The predicted molar refractivity (Wildman–Crippen MR) is 102 cm³/mol. The van der Waals surface area contributed by atoms with Crippen molar-refractivity contribution in [3.05, 3.63) is 47.8 Å². The summed E-state index contributed by atoms with van der Waals surface area (Å²) in [5.41, 5.74) is 3.90. The van der Waals surface area contributed by atoms with Crippen LogP contribution < -0.4 is 10.1 Å². The largest absolute Gasteiger partial charge is 0.486 e. The summed E-state index contributed by atoms with van der Waals surface area (Å²) >= 11 is 0. The molecule has 3 aromatic heterocycles. The number of aliphatic hydroxyl groups excluding tert-OH is 2. The van der Waals surface area contributed by atoms with Gasteiger partial charge < -0.3 is 24.8 Å². The van der Waals surface area contributed by atoms with Crippen LogP contribution in [0, 0.1) is 6.92 Å². The number of aliphatic hydroxyl groups is 2. The Kier molecular flexibility index (Phi) is 4.26. The topological polar surface area (TPSA) is 105 Å². The Morgan fingerprint density at radius 3 is 3.00 bits per heavy atom. The maximum Gasteiger partial charge on any atom is 0.143 e. The van der Waals surface area contributed by atoms with Gasteiger partial charge in [-0.15, -0.1) is 0 Å². The van der Waals surface area contributed by atoms with Crippen LogP contribution >= 0.6 is 0 Å². The van der Waals surface area contributed by atoms with Gasteiger partial charge in [-0.3, -0.25) is 4.98 Å². The average Bonchev–Trinajstić information content (AvgIpc) is 3.26. The zero-order valence-corrected chi connectivity index (χ0v) is 15.6. The van der Waals surface area contributed by atoms with Gasteiger partial charge in [0.15, 0.2) is 0 Å². The lowest BCUT2D eigenvalue weighted by Crippen LogP contribution is -2.35. The first-order valence-electron chi connectivity index (χ1n) is 9.61. The third-order valence-electron chi connectivity index (χ3n) is 5.92. The van der Waals surface area contributed by atoms with Crippen LogP contribution in [0.4, 0.5) is 0 Å². The zero-order valence-electron chi connectivity index (χ0n) is 15.6. The molecular weight excluding hydrogens is 358 g/mol. The molecule has 0 aromatic carbocycles. The van der Waals surface area contributed by atoms with Crippen molar-refractivity contribution in [2.45, 2.75) is 50.7 Å². The lowest BCUT2D eigenvalue weighted by atomic mass is 10.0. The molecule has 4 heterocycles. The number of fused-ring (bicyclic) bond motifs is 2. The summed E-state index contributed by atoms with van der Waals surface area (Å²) in [6, 6.07) is 1.62. The van der Waals surface area contributed by atoms with Gasteiger partial charge in [0.25, 0.3) is 0 Å². The number of ether oxygens (including phenoxy) is 1. The number of pyridine rings is 1. The predicted octanol–water partition coefficient (Wildman–Crippen LogP) is 0.895. The van der Waals surface area contributed by atoms with E-state index in [4.69, 9.17) is 4.74 Å². The molecule has 0 saturated heterocycles. The highest BCUT2D eigenvalue weighted by molar-refractivity contribution is 5.78. The van der Waals surface area contributed by atoms with Crippen LogP contribution in [0.5, 0.6) is 5.75 Å². The Balaban J connectivity index is 1.43. The molecule has 8 nitrogen and oxygen atoms in total. The maximum atomic E-state index is 10.7. The summed E-state index contributed by atoms with van der Waals surface area (Å²) in [5, 5.41) is 25.7. The lowest BCUT2D eigenvalue weighted by molar-refractivity contribution is -0.0167. The molecule has 3 N–H and O–H groups in total. The molecule has 8 heteroatoms. The van der Waals surface area contributed by atoms with E-state index in [-0.39, 0.29) is 6.04 Å². The average molecular weight is 381 g/mol. The monoisotopic (exact) mass is 381 g/mol. The van der Waals surface area contributed by atoms with Crippen LogP contribution in [-0.4, -0.2) is 54.6 Å². The van der Waals surface area contributed by atoms with E-state index in [1.54, 1.807) is 6.20 Å². The van der Waals surface area contributed by atoms with Crippen LogP contribution in [0.3, 0.4) is 0 Å². The van der Waals surface area contributed by atoms with Gasteiger partial charge in [0.2, 0.25) is 0 Å². The molecule has 0 radical (unpaired) electrons. The van der Waals surface area contributed by atoms with E-state index in [2.05, 4.69) is 20.3 Å². The van der Waals surface area contributed by atoms with Crippen LogP contribution in [0.1, 0.15) is 29.3 Å². The fourth-order valence-corrected chi connectivity index (χ4v) is 4.35. The van der Waals surface area contributed by atoms with Crippen LogP contribution in [-0.2, 0) is 13.0 Å². The fourth-order valence-electron chi connectivity index (χ4n) is 4.35. The number of nitrogens with one attached hydrogen (secondary N) is 1. The van der Waals surface area contributed by atoms with Crippen molar-refractivity contribution in [1.82, 2.24) is 24.8 Å². The smallest absolute Gasteiger partial charge is 0.143 e. The normalized spacial score (nSPS) is 27.1. The number of nitrogens with zero attached hydrogens (tertiary/aromatic N) is 4. The molecule has 2 aliphatic rings. The first-order chi connectivity index (χ1) is 13.6. The van der Waals surface area contributed by atoms with E-state index < -0.39 is 18.3 Å². The van der Waals surface area contributed by atoms with Crippen molar-refractivity contribution in [1.29, 1.82) is 0 Å².